The average Bonchev–Trinajstić information content (AvgIpc) is 2.84. The van der Waals surface area contributed by atoms with Crippen LogP contribution in [0.3, 0.4) is 0 Å². The van der Waals surface area contributed by atoms with Crippen molar-refractivity contribution in [2.75, 3.05) is 33.7 Å². The van der Waals surface area contributed by atoms with E-state index in [1.54, 1.807) is 7.05 Å². The zero-order chi connectivity index (χ0) is 21.8. The summed E-state index contributed by atoms with van der Waals surface area (Å²) in [5.41, 5.74) is 2.50. The Morgan fingerprint density at radius 3 is 2.42 bits per heavy atom. The van der Waals surface area contributed by atoms with Gasteiger partial charge in [0, 0.05) is 32.2 Å². The molecule has 1 atom stereocenters. The number of hydrogen-bond donors (Lipinski definition) is 1. The third-order valence-electron chi connectivity index (χ3n) is 7.14. The molecule has 164 valence electrons. The van der Waals surface area contributed by atoms with Crippen molar-refractivity contribution in [1.82, 2.24) is 15.1 Å². The highest BCUT2D eigenvalue weighted by atomic mass is 16.2. The van der Waals surface area contributed by atoms with Crippen LogP contribution in [0.5, 0.6) is 0 Å². The summed E-state index contributed by atoms with van der Waals surface area (Å²) in [7, 11) is 3.75. The zero-order valence-electron chi connectivity index (χ0n) is 18.6. The molecule has 1 N–H and O–H groups in total. The van der Waals surface area contributed by atoms with Gasteiger partial charge in [0.15, 0.2) is 0 Å². The van der Waals surface area contributed by atoms with Crippen molar-refractivity contribution in [1.29, 1.82) is 0 Å². The Morgan fingerprint density at radius 1 is 0.968 bits per heavy atom. The topological polar surface area (TPSA) is 52.7 Å². The molecule has 1 aliphatic carbocycles. The summed E-state index contributed by atoms with van der Waals surface area (Å²) < 4.78 is 0. The highest BCUT2D eigenvalue weighted by Crippen LogP contribution is 2.42. The number of likely N-dealkylation sites (N-methyl/N-ethyl adjacent to an activating group) is 1. The van der Waals surface area contributed by atoms with Crippen molar-refractivity contribution in [3.05, 3.63) is 71.3 Å². The maximum absolute atomic E-state index is 14.0. The minimum absolute atomic E-state index is 0.0821. The highest BCUT2D eigenvalue weighted by Gasteiger charge is 2.44. The molecule has 0 radical (unpaired) electrons. The van der Waals surface area contributed by atoms with E-state index in [0.717, 1.165) is 49.9 Å². The van der Waals surface area contributed by atoms with Gasteiger partial charge in [-0.2, -0.15) is 0 Å². The first-order valence-corrected chi connectivity index (χ1v) is 11.4. The van der Waals surface area contributed by atoms with Gasteiger partial charge in [-0.1, -0.05) is 61.7 Å². The van der Waals surface area contributed by atoms with Gasteiger partial charge in [-0.15, -0.1) is 0 Å². The lowest BCUT2D eigenvalue weighted by atomic mass is 9.68. The van der Waals surface area contributed by atoms with Crippen molar-refractivity contribution >= 4 is 11.8 Å². The molecular formula is C26H33N3O2. The van der Waals surface area contributed by atoms with Crippen LogP contribution in [-0.4, -0.2) is 55.3 Å². The van der Waals surface area contributed by atoms with E-state index in [4.69, 9.17) is 0 Å². The largest absolute Gasteiger partial charge is 0.355 e. The smallest absolute Gasteiger partial charge is 0.251 e. The molecule has 2 aromatic carbocycles. The fourth-order valence-corrected chi connectivity index (χ4v) is 5.29. The fraction of sp³-hybridized carbons (Fsp3) is 0.462. The second-order valence-corrected chi connectivity index (χ2v) is 8.96. The minimum Gasteiger partial charge on any atom is -0.355 e. The first-order chi connectivity index (χ1) is 15.0. The van der Waals surface area contributed by atoms with Crippen molar-refractivity contribution < 1.29 is 9.59 Å². The summed E-state index contributed by atoms with van der Waals surface area (Å²) in [5, 5.41) is 2.70. The maximum atomic E-state index is 14.0. The second kappa shape index (κ2) is 9.23. The highest BCUT2D eigenvalue weighted by molar-refractivity contribution is 5.94. The lowest BCUT2D eigenvalue weighted by molar-refractivity contribution is -0.141. The molecule has 1 unspecified atom stereocenters. The molecular weight excluding hydrogens is 386 g/mol. The van der Waals surface area contributed by atoms with Crippen molar-refractivity contribution in [2.24, 2.45) is 0 Å². The second-order valence-electron chi connectivity index (χ2n) is 8.96. The molecule has 0 bridgehead atoms. The monoisotopic (exact) mass is 419 g/mol. The number of hydrogen-bond acceptors (Lipinski definition) is 3. The Morgan fingerprint density at radius 2 is 1.71 bits per heavy atom. The normalized spacial score (nSPS) is 21.5. The summed E-state index contributed by atoms with van der Waals surface area (Å²) >= 11 is 0. The molecule has 4 rings (SSSR count). The van der Waals surface area contributed by atoms with Crippen molar-refractivity contribution in [3.8, 4) is 0 Å². The van der Waals surface area contributed by atoms with E-state index in [9.17, 15) is 9.59 Å². The standard InChI is InChI=1S/C26H33N3O2/c1-27-24(30)21-11-9-10-20(18-21)23-19-29(17-16-28(23)2)25(31)26(14-7-4-8-15-26)22-12-5-3-6-13-22/h3,5-6,9-13,18,23H,4,7-8,14-17,19H2,1-2H3,(H,27,30). The van der Waals surface area contributed by atoms with Crippen LogP contribution in [-0.2, 0) is 10.2 Å². The molecule has 31 heavy (non-hydrogen) atoms. The molecule has 1 aliphatic heterocycles. The predicted octanol–water partition coefficient (Wildman–Crippen LogP) is 3.76. The van der Waals surface area contributed by atoms with Crippen LogP contribution >= 0.6 is 0 Å². The van der Waals surface area contributed by atoms with Crippen LogP contribution < -0.4 is 5.32 Å². The number of carbonyl (C=O) groups excluding carboxylic acids is 2. The van der Waals surface area contributed by atoms with Crippen LogP contribution in [0.15, 0.2) is 54.6 Å². The van der Waals surface area contributed by atoms with Gasteiger partial charge < -0.3 is 10.2 Å². The van der Waals surface area contributed by atoms with Crippen LogP contribution in [0.2, 0.25) is 0 Å². The first kappa shape index (κ1) is 21.6. The van der Waals surface area contributed by atoms with Gasteiger partial charge in [0.1, 0.15) is 0 Å². The molecule has 0 spiro atoms. The number of rotatable bonds is 4. The van der Waals surface area contributed by atoms with E-state index in [1.807, 2.05) is 24.3 Å². The molecule has 5 heteroatoms. The van der Waals surface area contributed by atoms with Crippen LogP contribution in [0.4, 0.5) is 0 Å². The van der Waals surface area contributed by atoms with E-state index in [-0.39, 0.29) is 17.9 Å². The van der Waals surface area contributed by atoms with Gasteiger partial charge in [0.25, 0.3) is 5.91 Å². The number of nitrogens with zero attached hydrogens (tertiary/aromatic N) is 2. The van der Waals surface area contributed by atoms with Crippen LogP contribution in [0.1, 0.15) is 59.6 Å². The molecule has 2 amide bonds. The minimum atomic E-state index is -0.399. The van der Waals surface area contributed by atoms with Gasteiger partial charge in [0.05, 0.1) is 11.5 Å². The third-order valence-corrected chi connectivity index (χ3v) is 7.14. The summed E-state index contributed by atoms with van der Waals surface area (Å²) in [6.07, 6.45) is 5.27. The zero-order valence-corrected chi connectivity index (χ0v) is 18.6. The van der Waals surface area contributed by atoms with E-state index in [1.165, 1.54) is 6.42 Å². The third kappa shape index (κ3) is 4.24. The SMILES string of the molecule is CNC(=O)c1cccc(C2CN(C(=O)C3(c4ccccc4)CCCCC3)CCN2C)c1. The Balaban J connectivity index is 1.61. The van der Waals surface area contributed by atoms with Gasteiger partial charge in [-0.05, 0) is 43.1 Å². The molecule has 0 aromatic heterocycles. The summed E-state index contributed by atoms with van der Waals surface area (Å²) in [6, 6.07) is 18.3. The molecule has 5 nitrogen and oxygen atoms in total. The van der Waals surface area contributed by atoms with E-state index >= 15 is 0 Å². The lowest BCUT2D eigenvalue weighted by Crippen LogP contribution is -2.55. The van der Waals surface area contributed by atoms with Gasteiger partial charge >= 0.3 is 0 Å². The number of piperazine rings is 1. The quantitative estimate of drug-likeness (QED) is 0.821. The maximum Gasteiger partial charge on any atom is 0.251 e. The summed E-state index contributed by atoms with van der Waals surface area (Å²) in [5.74, 6) is 0.192. The number of nitrogens with one attached hydrogen (secondary N) is 1. The van der Waals surface area contributed by atoms with Crippen molar-refractivity contribution in [2.45, 2.75) is 43.6 Å². The predicted molar refractivity (Wildman–Crippen MR) is 123 cm³/mol. The summed E-state index contributed by atoms with van der Waals surface area (Å²) in [6.45, 7) is 2.22. The molecule has 1 heterocycles. The Bertz CT molecular complexity index is 921. The van der Waals surface area contributed by atoms with Crippen molar-refractivity contribution in [3.63, 3.8) is 0 Å². The molecule has 2 fully saturated rings. The van der Waals surface area contributed by atoms with Crippen LogP contribution in [0, 0.1) is 0 Å². The van der Waals surface area contributed by atoms with Gasteiger partial charge in [-0.25, -0.2) is 0 Å². The van der Waals surface area contributed by atoms with E-state index in [0.29, 0.717) is 12.1 Å². The Kier molecular flexibility index (Phi) is 6.42. The molecule has 2 aromatic rings. The van der Waals surface area contributed by atoms with Gasteiger partial charge in [0.2, 0.25) is 5.91 Å². The molecule has 1 saturated heterocycles. The Hall–Kier alpha value is -2.66. The van der Waals surface area contributed by atoms with Crippen LogP contribution in [0.25, 0.3) is 0 Å². The van der Waals surface area contributed by atoms with E-state index < -0.39 is 5.41 Å². The average molecular weight is 420 g/mol. The van der Waals surface area contributed by atoms with Gasteiger partial charge in [-0.3, -0.25) is 14.5 Å². The molecule has 1 saturated carbocycles. The Labute approximate surface area is 185 Å². The van der Waals surface area contributed by atoms with E-state index in [2.05, 4.69) is 52.5 Å². The molecule has 2 aliphatic rings. The number of carbonyl (C=O) groups is 2. The summed E-state index contributed by atoms with van der Waals surface area (Å²) in [4.78, 5) is 30.5. The number of benzene rings is 2. The lowest BCUT2D eigenvalue weighted by Gasteiger charge is -2.45. The fourth-order valence-electron chi connectivity index (χ4n) is 5.29. The number of amides is 2. The first-order valence-electron chi connectivity index (χ1n) is 11.4.